The molecule has 3 rings (SSSR count). The van der Waals surface area contributed by atoms with Crippen LogP contribution in [0, 0.1) is 0 Å². The Morgan fingerprint density at radius 3 is 2.56 bits per heavy atom. The van der Waals surface area contributed by atoms with Crippen molar-refractivity contribution in [3.63, 3.8) is 0 Å². The second kappa shape index (κ2) is 9.19. The second-order valence-corrected chi connectivity index (χ2v) is 7.19. The number of hydrogen-bond acceptors (Lipinski definition) is 7. The van der Waals surface area contributed by atoms with Gasteiger partial charge >= 0.3 is 0 Å². The molecule has 0 spiro atoms. The number of fused-ring (bicyclic) bond motifs is 1. The Hall–Kier alpha value is -2.12. The molecular weight excluding hydrogens is 380 g/mol. The monoisotopic (exact) mass is 402 g/mol. The maximum atomic E-state index is 6.26. The fraction of sp³-hybridized carbons (Fsp3) is 0.368. The molecule has 0 aliphatic heterocycles. The molecule has 2 heterocycles. The quantitative estimate of drug-likeness (QED) is 0.434. The van der Waals surface area contributed by atoms with Crippen molar-refractivity contribution in [2.45, 2.75) is 31.7 Å². The molecule has 6 nitrogen and oxygen atoms in total. The summed E-state index contributed by atoms with van der Waals surface area (Å²) in [6, 6.07) is 7.82. The number of nitrogens with one attached hydrogen (secondary N) is 1. The third-order valence-electron chi connectivity index (χ3n) is 4.13. The summed E-state index contributed by atoms with van der Waals surface area (Å²) >= 11 is 7.81. The highest BCUT2D eigenvalue weighted by Gasteiger charge is 2.13. The second-order valence-electron chi connectivity index (χ2n) is 5.84. The molecule has 0 aliphatic carbocycles. The van der Waals surface area contributed by atoms with Gasteiger partial charge in [-0.25, -0.2) is 15.0 Å². The summed E-state index contributed by atoms with van der Waals surface area (Å²) in [5, 5.41) is 5.54. The van der Waals surface area contributed by atoms with E-state index >= 15 is 0 Å². The summed E-state index contributed by atoms with van der Waals surface area (Å²) in [6.07, 6.45) is 1.80. The van der Waals surface area contributed by atoms with Crippen LogP contribution in [-0.4, -0.2) is 39.6 Å². The summed E-state index contributed by atoms with van der Waals surface area (Å²) in [4.78, 5) is 20.6. The first-order chi connectivity index (χ1) is 13.2. The van der Waals surface area contributed by atoms with Gasteiger partial charge in [0.25, 0.3) is 0 Å². The van der Waals surface area contributed by atoms with Gasteiger partial charge in [0, 0.05) is 36.6 Å². The molecule has 0 atom stereocenters. The van der Waals surface area contributed by atoms with Gasteiger partial charge in [0.15, 0.2) is 10.8 Å². The van der Waals surface area contributed by atoms with Gasteiger partial charge in [-0.15, -0.1) is 0 Å². The molecular formula is C19H23ClN6S. The summed E-state index contributed by atoms with van der Waals surface area (Å²) in [5.41, 5.74) is 1.71. The zero-order chi connectivity index (χ0) is 19.2. The average Bonchev–Trinajstić information content (AvgIpc) is 2.68. The number of nitrogens with zero attached hydrogens (tertiary/aromatic N) is 5. The largest absolute Gasteiger partial charge is 0.370 e. The van der Waals surface area contributed by atoms with Gasteiger partial charge in [-0.1, -0.05) is 41.6 Å². The van der Waals surface area contributed by atoms with Gasteiger partial charge in [0.2, 0.25) is 5.95 Å². The number of halogens is 1. The topological polar surface area (TPSA) is 66.8 Å². The molecule has 3 aromatic rings. The highest BCUT2D eigenvalue weighted by molar-refractivity contribution is 7.98. The first-order valence-corrected chi connectivity index (χ1v) is 10.4. The van der Waals surface area contributed by atoms with Crippen LogP contribution in [-0.2, 0) is 5.75 Å². The fourth-order valence-corrected chi connectivity index (χ4v) is 3.80. The van der Waals surface area contributed by atoms with Crippen molar-refractivity contribution in [2.75, 3.05) is 29.9 Å². The predicted molar refractivity (Wildman–Crippen MR) is 114 cm³/mol. The average molecular weight is 403 g/mol. The molecule has 27 heavy (non-hydrogen) atoms. The third-order valence-corrected chi connectivity index (χ3v) is 5.39. The summed E-state index contributed by atoms with van der Waals surface area (Å²) in [5.74, 6) is 2.15. The van der Waals surface area contributed by atoms with E-state index in [0.717, 1.165) is 41.4 Å². The van der Waals surface area contributed by atoms with Crippen molar-refractivity contribution >= 4 is 46.2 Å². The first-order valence-electron chi connectivity index (χ1n) is 9.06. The van der Waals surface area contributed by atoms with Crippen molar-refractivity contribution in [1.82, 2.24) is 19.9 Å². The molecule has 0 fully saturated rings. The molecule has 0 bridgehead atoms. The molecule has 1 aromatic carbocycles. The minimum absolute atomic E-state index is 0.652. The van der Waals surface area contributed by atoms with Crippen LogP contribution in [0.5, 0.6) is 0 Å². The van der Waals surface area contributed by atoms with Gasteiger partial charge in [-0.3, -0.25) is 0 Å². The molecule has 0 saturated heterocycles. The smallest absolute Gasteiger partial charge is 0.227 e. The highest BCUT2D eigenvalue weighted by atomic mass is 35.5. The standard InChI is InChI=1S/C19H23ClN6S/c1-4-21-16-14-11-22-18(26(5-2)6-3)23-17(14)25-19(24-16)27-12-13-9-7-8-10-15(13)20/h7-11H,4-6,12H2,1-3H3,(H,21,22,23,24,25). The van der Waals surface area contributed by atoms with E-state index in [4.69, 9.17) is 11.6 Å². The van der Waals surface area contributed by atoms with Gasteiger partial charge < -0.3 is 10.2 Å². The van der Waals surface area contributed by atoms with Crippen molar-refractivity contribution in [2.24, 2.45) is 0 Å². The van der Waals surface area contributed by atoms with Crippen molar-refractivity contribution < 1.29 is 0 Å². The maximum absolute atomic E-state index is 6.26. The van der Waals surface area contributed by atoms with Crippen molar-refractivity contribution in [3.05, 3.63) is 41.0 Å². The molecule has 0 amide bonds. The summed E-state index contributed by atoms with van der Waals surface area (Å²) < 4.78 is 0. The Labute approximate surface area is 168 Å². The van der Waals surface area contributed by atoms with E-state index in [9.17, 15) is 0 Å². The minimum atomic E-state index is 0.652. The number of thioether (sulfide) groups is 1. The Kier molecular flexibility index (Phi) is 6.68. The number of benzene rings is 1. The van der Waals surface area contributed by atoms with Crippen molar-refractivity contribution in [1.29, 1.82) is 0 Å². The molecule has 8 heteroatoms. The van der Waals surface area contributed by atoms with Gasteiger partial charge in [0.05, 0.1) is 5.39 Å². The van der Waals surface area contributed by atoms with Crippen LogP contribution in [0.1, 0.15) is 26.3 Å². The van der Waals surface area contributed by atoms with E-state index in [1.165, 1.54) is 0 Å². The van der Waals surface area contributed by atoms with Crippen LogP contribution in [0.25, 0.3) is 11.0 Å². The van der Waals surface area contributed by atoms with Crippen LogP contribution in [0.15, 0.2) is 35.6 Å². The van der Waals surface area contributed by atoms with Gasteiger partial charge in [-0.2, -0.15) is 4.98 Å². The lowest BCUT2D eigenvalue weighted by molar-refractivity contribution is 0.822. The first kappa shape index (κ1) is 19.6. The lowest BCUT2D eigenvalue weighted by Crippen LogP contribution is -2.24. The van der Waals surface area contributed by atoms with E-state index in [0.29, 0.717) is 22.5 Å². The Balaban J connectivity index is 1.95. The Morgan fingerprint density at radius 2 is 1.85 bits per heavy atom. The summed E-state index contributed by atoms with van der Waals surface area (Å²) in [7, 11) is 0. The molecule has 0 aliphatic rings. The molecule has 0 saturated carbocycles. The van der Waals surface area contributed by atoms with E-state index in [2.05, 4.69) is 44.0 Å². The fourth-order valence-electron chi connectivity index (χ4n) is 2.67. The van der Waals surface area contributed by atoms with E-state index in [1.54, 1.807) is 18.0 Å². The predicted octanol–water partition coefficient (Wildman–Crippen LogP) is 4.64. The molecule has 2 aromatic heterocycles. The molecule has 0 radical (unpaired) electrons. The Bertz CT molecular complexity index is 916. The number of anilines is 2. The van der Waals surface area contributed by atoms with Crippen LogP contribution in [0.2, 0.25) is 5.02 Å². The minimum Gasteiger partial charge on any atom is -0.370 e. The van der Waals surface area contributed by atoms with Crippen molar-refractivity contribution in [3.8, 4) is 0 Å². The molecule has 142 valence electrons. The van der Waals surface area contributed by atoms with E-state index < -0.39 is 0 Å². The van der Waals surface area contributed by atoms with E-state index in [1.807, 2.05) is 31.2 Å². The number of hydrogen-bond donors (Lipinski definition) is 1. The number of aromatic nitrogens is 4. The highest BCUT2D eigenvalue weighted by Crippen LogP contribution is 2.28. The van der Waals surface area contributed by atoms with Gasteiger partial charge in [0.1, 0.15) is 5.82 Å². The van der Waals surface area contributed by atoms with E-state index in [-0.39, 0.29) is 0 Å². The zero-order valence-corrected chi connectivity index (χ0v) is 17.3. The maximum Gasteiger partial charge on any atom is 0.227 e. The molecule has 0 unspecified atom stereocenters. The Morgan fingerprint density at radius 1 is 1.07 bits per heavy atom. The van der Waals surface area contributed by atoms with Crippen LogP contribution in [0.3, 0.4) is 0 Å². The van der Waals surface area contributed by atoms with Crippen LogP contribution < -0.4 is 10.2 Å². The summed E-state index contributed by atoms with van der Waals surface area (Å²) in [6.45, 7) is 8.68. The van der Waals surface area contributed by atoms with Crippen LogP contribution in [0.4, 0.5) is 11.8 Å². The van der Waals surface area contributed by atoms with Gasteiger partial charge in [-0.05, 0) is 32.4 Å². The lowest BCUT2D eigenvalue weighted by Gasteiger charge is -2.18. The third kappa shape index (κ3) is 4.59. The number of rotatable bonds is 8. The molecule has 1 N–H and O–H groups in total. The SMILES string of the molecule is CCNc1nc(SCc2ccccc2Cl)nc2nc(N(CC)CC)ncc12. The normalized spacial score (nSPS) is 11.0. The van der Waals surface area contributed by atoms with Crippen LogP contribution >= 0.6 is 23.4 Å². The zero-order valence-electron chi connectivity index (χ0n) is 15.7. The lowest BCUT2D eigenvalue weighted by atomic mass is 10.2.